The normalized spacial score (nSPS) is 25.6. The Labute approximate surface area is 98.9 Å². The summed E-state index contributed by atoms with van der Waals surface area (Å²) in [5.74, 6) is 0.925. The lowest BCUT2D eigenvalue weighted by Gasteiger charge is -2.30. The number of carbonyl (C=O) groups is 1. The van der Waals surface area contributed by atoms with Crippen LogP contribution in [-0.4, -0.2) is 12.6 Å². The highest BCUT2D eigenvalue weighted by Gasteiger charge is 2.32. The molecular weight excluding hydrogens is 220 g/mol. The summed E-state index contributed by atoms with van der Waals surface area (Å²) in [6.45, 7) is 2.29. The van der Waals surface area contributed by atoms with Gasteiger partial charge in [-0.15, -0.1) is 11.3 Å². The highest BCUT2D eigenvalue weighted by atomic mass is 32.1. The fraction of sp³-hybridized carbons (Fsp3) is 0.462. The van der Waals surface area contributed by atoms with Crippen LogP contribution < -0.4 is 0 Å². The summed E-state index contributed by atoms with van der Waals surface area (Å²) in [7, 11) is 0. The van der Waals surface area contributed by atoms with Crippen LogP contribution in [0.2, 0.25) is 0 Å². The lowest BCUT2D eigenvalue weighted by atomic mass is 9.76. The number of fused-ring (bicyclic) bond motifs is 1. The van der Waals surface area contributed by atoms with Crippen molar-refractivity contribution in [1.29, 1.82) is 0 Å². The molecular formula is C13H14O2S. The predicted molar refractivity (Wildman–Crippen MR) is 64.1 cm³/mol. The summed E-state index contributed by atoms with van der Waals surface area (Å²) in [4.78, 5) is 13.8. The lowest BCUT2D eigenvalue weighted by molar-refractivity contribution is 0.0532. The van der Waals surface area contributed by atoms with Crippen molar-refractivity contribution in [3.8, 4) is 0 Å². The van der Waals surface area contributed by atoms with Gasteiger partial charge in [0.05, 0.1) is 6.61 Å². The molecule has 2 unspecified atom stereocenters. The topological polar surface area (TPSA) is 26.3 Å². The first-order valence-corrected chi connectivity index (χ1v) is 6.60. The molecule has 0 spiro atoms. The molecule has 4 rings (SSSR count). The van der Waals surface area contributed by atoms with Crippen molar-refractivity contribution >= 4 is 17.3 Å². The molecule has 2 atom stereocenters. The van der Waals surface area contributed by atoms with Crippen molar-refractivity contribution in [3.63, 3.8) is 0 Å². The molecule has 1 aromatic heterocycles. The fourth-order valence-corrected chi connectivity index (χ4v) is 3.84. The Balaban J connectivity index is 1.96. The Kier molecular flexibility index (Phi) is 2.36. The van der Waals surface area contributed by atoms with Gasteiger partial charge in [0.2, 0.25) is 0 Å². The zero-order valence-electron chi connectivity index (χ0n) is 9.23. The van der Waals surface area contributed by atoms with Gasteiger partial charge in [-0.2, -0.15) is 0 Å². The molecule has 0 aromatic carbocycles. The van der Waals surface area contributed by atoms with E-state index in [9.17, 15) is 4.79 Å². The molecule has 1 heterocycles. The third kappa shape index (κ3) is 1.42. The van der Waals surface area contributed by atoms with Crippen molar-refractivity contribution in [2.75, 3.05) is 6.61 Å². The molecule has 3 aliphatic rings. The van der Waals surface area contributed by atoms with Crippen LogP contribution in [0, 0.1) is 0 Å². The highest BCUT2D eigenvalue weighted by molar-refractivity contribution is 7.14. The van der Waals surface area contributed by atoms with Gasteiger partial charge in [-0.05, 0) is 31.4 Å². The molecule has 2 bridgehead atoms. The lowest BCUT2D eigenvalue weighted by Crippen LogP contribution is -2.13. The van der Waals surface area contributed by atoms with Crippen LogP contribution in [0.25, 0.3) is 0 Å². The van der Waals surface area contributed by atoms with E-state index in [0.29, 0.717) is 18.4 Å². The van der Waals surface area contributed by atoms with E-state index in [2.05, 4.69) is 12.2 Å². The average molecular weight is 234 g/mol. The number of esters is 1. The second-order valence-electron chi connectivity index (χ2n) is 4.33. The number of hydrogen-bond acceptors (Lipinski definition) is 3. The Bertz CT molecular complexity index is 427. The van der Waals surface area contributed by atoms with Gasteiger partial charge in [0, 0.05) is 16.7 Å². The molecule has 1 aromatic rings. The average Bonchev–Trinajstić information content (AvgIpc) is 2.77. The van der Waals surface area contributed by atoms with Gasteiger partial charge in [0.1, 0.15) is 4.88 Å². The Morgan fingerprint density at radius 3 is 2.81 bits per heavy atom. The molecule has 2 nitrogen and oxygen atoms in total. The van der Waals surface area contributed by atoms with Gasteiger partial charge in [0.25, 0.3) is 0 Å². The van der Waals surface area contributed by atoms with Crippen LogP contribution in [0.5, 0.6) is 0 Å². The maximum atomic E-state index is 11.7. The quantitative estimate of drug-likeness (QED) is 0.578. The summed E-state index contributed by atoms with van der Waals surface area (Å²) >= 11 is 1.62. The molecule has 16 heavy (non-hydrogen) atoms. The molecule has 0 saturated heterocycles. The molecule has 3 aliphatic carbocycles. The van der Waals surface area contributed by atoms with Crippen LogP contribution in [-0.2, 0) is 4.74 Å². The van der Waals surface area contributed by atoms with E-state index in [1.165, 1.54) is 23.3 Å². The number of thiophene rings is 1. The van der Waals surface area contributed by atoms with Crippen molar-refractivity contribution in [3.05, 3.63) is 33.5 Å². The van der Waals surface area contributed by atoms with E-state index < -0.39 is 0 Å². The predicted octanol–water partition coefficient (Wildman–Crippen LogP) is 3.46. The molecule has 0 saturated carbocycles. The minimum atomic E-state index is -0.165. The summed E-state index contributed by atoms with van der Waals surface area (Å²) < 4.78 is 5.05. The van der Waals surface area contributed by atoms with E-state index >= 15 is 0 Å². The van der Waals surface area contributed by atoms with Crippen molar-refractivity contribution in [2.45, 2.75) is 31.6 Å². The maximum Gasteiger partial charge on any atom is 0.348 e. The second-order valence-corrected chi connectivity index (χ2v) is 5.41. The molecule has 0 fully saturated rings. The SMILES string of the molecule is CCOC(=O)c1cc2c(s1)C1C=CC2CC1. The minimum Gasteiger partial charge on any atom is -0.462 e. The van der Waals surface area contributed by atoms with Crippen LogP contribution in [0.15, 0.2) is 18.2 Å². The molecule has 84 valence electrons. The van der Waals surface area contributed by atoms with Crippen molar-refractivity contribution < 1.29 is 9.53 Å². The molecule has 0 radical (unpaired) electrons. The second kappa shape index (κ2) is 3.74. The van der Waals surface area contributed by atoms with Gasteiger partial charge < -0.3 is 4.74 Å². The number of allylic oxidation sites excluding steroid dienone is 2. The first-order chi connectivity index (χ1) is 7.79. The Morgan fingerprint density at radius 2 is 2.19 bits per heavy atom. The monoisotopic (exact) mass is 234 g/mol. The zero-order valence-corrected chi connectivity index (χ0v) is 10.0. The molecule has 0 amide bonds. The van der Waals surface area contributed by atoms with Crippen molar-refractivity contribution in [1.82, 2.24) is 0 Å². The maximum absolute atomic E-state index is 11.7. The third-order valence-electron chi connectivity index (χ3n) is 3.37. The van der Waals surface area contributed by atoms with E-state index in [0.717, 1.165) is 4.88 Å². The van der Waals surface area contributed by atoms with E-state index in [1.54, 1.807) is 11.3 Å². The van der Waals surface area contributed by atoms with Gasteiger partial charge in [-0.1, -0.05) is 12.2 Å². The fourth-order valence-electron chi connectivity index (χ4n) is 2.60. The highest BCUT2D eigenvalue weighted by Crippen LogP contribution is 2.48. The van der Waals surface area contributed by atoms with Crippen LogP contribution >= 0.6 is 11.3 Å². The van der Waals surface area contributed by atoms with E-state index in [4.69, 9.17) is 4.74 Å². The van der Waals surface area contributed by atoms with Gasteiger partial charge in [0.15, 0.2) is 0 Å². The van der Waals surface area contributed by atoms with Gasteiger partial charge in [-0.25, -0.2) is 4.79 Å². The largest absolute Gasteiger partial charge is 0.462 e. The first-order valence-electron chi connectivity index (χ1n) is 5.78. The Morgan fingerprint density at radius 1 is 1.44 bits per heavy atom. The summed E-state index contributed by atoms with van der Waals surface area (Å²) in [5, 5.41) is 0. The Hall–Kier alpha value is -1.09. The first kappa shape index (κ1) is 10.1. The minimum absolute atomic E-state index is 0.165. The summed E-state index contributed by atoms with van der Waals surface area (Å²) in [6, 6.07) is 2.04. The zero-order chi connectivity index (χ0) is 11.1. The summed E-state index contributed by atoms with van der Waals surface area (Å²) in [5.41, 5.74) is 1.37. The number of ether oxygens (including phenoxy) is 1. The van der Waals surface area contributed by atoms with E-state index in [-0.39, 0.29) is 5.97 Å². The third-order valence-corrected chi connectivity index (χ3v) is 4.63. The van der Waals surface area contributed by atoms with Crippen molar-refractivity contribution in [2.24, 2.45) is 0 Å². The van der Waals surface area contributed by atoms with Crippen LogP contribution in [0.3, 0.4) is 0 Å². The van der Waals surface area contributed by atoms with E-state index in [1.807, 2.05) is 13.0 Å². The van der Waals surface area contributed by atoms with Gasteiger partial charge >= 0.3 is 5.97 Å². The standard InChI is InChI=1S/C13H14O2S/c1-2-15-13(14)11-7-10-8-3-5-9(6-4-8)12(10)16-11/h3,5,7-9H,2,4,6H2,1H3. The molecule has 0 N–H and O–H groups in total. The molecule has 3 heteroatoms. The summed E-state index contributed by atoms with van der Waals surface area (Å²) in [6.07, 6.45) is 7.05. The number of carbonyl (C=O) groups excluding carboxylic acids is 1. The number of hydrogen-bond donors (Lipinski definition) is 0. The number of rotatable bonds is 2. The van der Waals surface area contributed by atoms with Crippen LogP contribution in [0.4, 0.5) is 0 Å². The van der Waals surface area contributed by atoms with Gasteiger partial charge in [-0.3, -0.25) is 0 Å². The smallest absolute Gasteiger partial charge is 0.348 e. The molecule has 0 aliphatic heterocycles. The van der Waals surface area contributed by atoms with Crippen LogP contribution in [0.1, 0.15) is 51.7 Å².